The van der Waals surface area contributed by atoms with E-state index in [1.165, 1.54) is 27.8 Å². The second-order valence-corrected chi connectivity index (χ2v) is 6.74. The second kappa shape index (κ2) is 5.91. The molecule has 0 saturated carbocycles. The first-order valence-electron chi connectivity index (χ1n) is 8.10. The molecule has 3 nitrogen and oxygen atoms in total. The van der Waals surface area contributed by atoms with Crippen LogP contribution < -0.4 is 0 Å². The molecule has 0 aliphatic heterocycles. The highest BCUT2D eigenvalue weighted by Crippen LogP contribution is 2.35. The van der Waals surface area contributed by atoms with Crippen LogP contribution in [0.25, 0.3) is 16.6 Å². The summed E-state index contributed by atoms with van der Waals surface area (Å²) in [7, 11) is 0. The number of nitrogens with zero attached hydrogens (tertiary/aromatic N) is 3. The van der Waals surface area contributed by atoms with E-state index in [9.17, 15) is 0 Å². The summed E-state index contributed by atoms with van der Waals surface area (Å²) in [6.45, 7) is 3.93. The summed E-state index contributed by atoms with van der Waals surface area (Å²) in [6.07, 6.45) is 6.18. The van der Waals surface area contributed by atoms with Crippen LogP contribution in [0.3, 0.4) is 0 Å². The van der Waals surface area contributed by atoms with E-state index >= 15 is 0 Å². The van der Waals surface area contributed by atoms with Gasteiger partial charge in [-0.15, -0.1) is 0 Å². The van der Waals surface area contributed by atoms with Gasteiger partial charge in [-0.1, -0.05) is 23.7 Å². The lowest BCUT2D eigenvalue weighted by atomic mass is 9.91. The zero-order valence-corrected chi connectivity index (χ0v) is 14.5. The summed E-state index contributed by atoms with van der Waals surface area (Å²) in [5.41, 5.74) is 8.32. The summed E-state index contributed by atoms with van der Waals surface area (Å²) >= 11 is 6.03. The van der Waals surface area contributed by atoms with Crippen molar-refractivity contribution in [1.82, 2.24) is 4.40 Å². The van der Waals surface area contributed by atoms with E-state index in [4.69, 9.17) is 11.6 Å². The monoisotopic (exact) mass is 335 g/mol. The Morgan fingerprint density at radius 1 is 1.04 bits per heavy atom. The van der Waals surface area contributed by atoms with Crippen LogP contribution in [0.5, 0.6) is 0 Å². The first kappa shape index (κ1) is 15.2. The molecule has 0 bridgehead atoms. The molecule has 1 aromatic carbocycles. The number of aryl methyl sites for hydroxylation is 1. The van der Waals surface area contributed by atoms with Crippen LogP contribution in [-0.4, -0.2) is 15.8 Å². The molecule has 1 aliphatic rings. The molecule has 0 atom stereocenters. The van der Waals surface area contributed by atoms with Gasteiger partial charge in [0.1, 0.15) is 0 Å². The average molecular weight is 336 g/mol. The predicted molar refractivity (Wildman–Crippen MR) is 101 cm³/mol. The van der Waals surface area contributed by atoms with E-state index in [2.05, 4.69) is 51.3 Å². The van der Waals surface area contributed by atoms with E-state index in [1.807, 2.05) is 26.0 Å². The molecular weight excluding hydrogens is 318 g/mol. The third-order valence-corrected chi connectivity index (χ3v) is 4.60. The molecule has 0 spiro atoms. The summed E-state index contributed by atoms with van der Waals surface area (Å²) in [5, 5.41) is 9.50. The molecule has 2 aromatic heterocycles. The van der Waals surface area contributed by atoms with Crippen molar-refractivity contribution in [1.29, 1.82) is 0 Å². The maximum Gasteiger partial charge on any atom is 0.0727 e. The lowest BCUT2D eigenvalue weighted by Gasteiger charge is -2.16. The highest BCUT2D eigenvalue weighted by atomic mass is 35.5. The number of halogens is 1. The van der Waals surface area contributed by atoms with Gasteiger partial charge in [0.15, 0.2) is 0 Å². The molecule has 0 saturated heterocycles. The molecule has 0 unspecified atom stereocenters. The largest absolute Gasteiger partial charge is 0.322 e. The molecule has 120 valence electrons. The third-order valence-electron chi connectivity index (χ3n) is 4.35. The van der Waals surface area contributed by atoms with E-state index < -0.39 is 0 Å². The average Bonchev–Trinajstić information content (AvgIpc) is 2.95. The van der Waals surface area contributed by atoms with Crippen molar-refractivity contribution in [3.05, 3.63) is 64.9 Å². The second-order valence-electron chi connectivity index (χ2n) is 6.30. The number of rotatable bonds is 2. The quantitative estimate of drug-likeness (QED) is 0.444. The van der Waals surface area contributed by atoms with Gasteiger partial charge in [-0.25, -0.2) is 0 Å². The maximum atomic E-state index is 6.03. The van der Waals surface area contributed by atoms with Crippen molar-refractivity contribution in [2.75, 3.05) is 0 Å². The van der Waals surface area contributed by atoms with Gasteiger partial charge >= 0.3 is 0 Å². The molecule has 4 heteroatoms. The minimum absolute atomic E-state index is 0.763. The molecule has 0 N–H and O–H groups in total. The van der Waals surface area contributed by atoms with Crippen LogP contribution >= 0.6 is 11.6 Å². The van der Waals surface area contributed by atoms with E-state index in [1.54, 1.807) is 0 Å². The fourth-order valence-corrected chi connectivity index (χ4v) is 3.43. The predicted octanol–water partition coefficient (Wildman–Crippen LogP) is 5.39. The molecule has 2 heterocycles. The van der Waals surface area contributed by atoms with E-state index in [0.29, 0.717) is 0 Å². The highest BCUT2D eigenvalue weighted by molar-refractivity contribution is 6.30. The highest BCUT2D eigenvalue weighted by Gasteiger charge is 2.22. The van der Waals surface area contributed by atoms with E-state index in [0.717, 1.165) is 29.3 Å². The van der Waals surface area contributed by atoms with Gasteiger partial charge in [0, 0.05) is 34.3 Å². The molecule has 0 amide bonds. The topological polar surface area (TPSA) is 29.1 Å². The number of benzene rings is 1. The van der Waals surface area contributed by atoms with Crippen LogP contribution in [-0.2, 0) is 6.42 Å². The Hall–Kier alpha value is -2.39. The fraction of sp³-hybridized carbons (Fsp3) is 0.200. The Kier molecular flexibility index (Phi) is 3.73. The van der Waals surface area contributed by atoms with Crippen molar-refractivity contribution in [3.8, 4) is 11.1 Å². The van der Waals surface area contributed by atoms with Gasteiger partial charge in [-0.2, -0.15) is 10.2 Å². The van der Waals surface area contributed by atoms with Crippen LogP contribution in [0.1, 0.15) is 31.4 Å². The van der Waals surface area contributed by atoms with Crippen molar-refractivity contribution in [3.63, 3.8) is 0 Å². The molecule has 3 aromatic rings. The molecule has 24 heavy (non-hydrogen) atoms. The Labute approximate surface area is 146 Å². The zero-order valence-electron chi connectivity index (χ0n) is 13.8. The lowest BCUT2D eigenvalue weighted by molar-refractivity contribution is 1.01. The third kappa shape index (κ3) is 2.55. The molecule has 4 rings (SSSR count). The van der Waals surface area contributed by atoms with Crippen LogP contribution in [0, 0.1) is 0 Å². The molecule has 0 radical (unpaired) electrons. The summed E-state index contributed by atoms with van der Waals surface area (Å²) in [6, 6.07) is 12.3. The summed E-state index contributed by atoms with van der Waals surface area (Å²) in [4.78, 5) is 0. The number of aromatic nitrogens is 1. The van der Waals surface area contributed by atoms with Gasteiger partial charge in [-0.05, 0) is 62.1 Å². The first-order chi connectivity index (χ1) is 11.6. The Morgan fingerprint density at radius 2 is 1.83 bits per heavy atom. The standard InChI is InChI=1S/C20H18ClN3/c1-13(2)22-23-19-10-9-16-18(14-5-7-15(21)8-6-14)12-24-11-3-4-17(19)20(16)24/h3-8,11-12H,9-10H2,1-2H3. The van der Waals surface area contributed by atoms with Gasteiger partial charge in [0.05, 0.1) is 11.2 Å². The normalized spacial score (nSPS) is 15.0. The Morgan fingerprint density at radius 3 is 2.58 bits per heavy atom. The van der Waals surface area contributed by atoms with Crippen LogP contribution in [0.2, 0.25) is 5.02 Å². The van der Waals surface area contributed by atoms with Gasteiger partial charge in [-0.3, -0.25) is 0 Å². The van der Waals surface area contributed by atoms with Crippen LogP contribution in [0.4, 0.5) is 0 Å². The van der Waals surface area contributed by atoms with Crippen molar-refractivity contribution in [2.24, 2.45) is 10.2 Å². The minimum Gasteiger partial charge on any atom is -0.322 e. The van der Waals surface area contributed by atoms with Crippen molar-refractivity contribution in [2.45, 2.75) is 26.7 Å². The summed E-state index contributed by atoms with van der Waals surface area (Å²) in [5.74, 6) is 0. The fourth-order valence-electron chi connectivity index (χ4n) is 3.30. The molecular formula is C20H18ClN3. The lowest BCUT2D eigenvalue weighted by Crippen LogP contribution is -2.11. The first-order valence-corrected chi connectivity index (χ1v) is 8.48. The van der Waals surface area contributed by atoms with E-state index in [-0.39, 0.29) is 0 Å². The molecule has 0 fully saturated rings. The molecule has 1 aliphatic carbocycles. The van der Waals surface area contributed by atoms with Gasteiger partial charge < -0.3 is 4.40 Å². The summed E-state index contributed by atoms with van der Waals surface area (Å²) < 4.78 is 2.20. The van der Waals surface area contributed by atoms with Crippen LogP contribution in [0.15, 0.2) is 59.0 Å². The maximum absolute atomic E-state index is 6.03. The smallest absolute Gasteiger partial charge is 0.0727 e. The zero-order chi connectivity index (χ0) is 16.7. The minimum atomic E-state index is 0.763. The number of hydrogen-bond donors (Lipinski definition) is 0. The Bertz CT molecular complexity index is 974. The van der Waals surface area contributed by atoms with Crippen molar-refractivity contribution < 1.29 is 0 Å². The van der Waals surface area contributed by atoms with Gasteiger partial charge in [0.25, 0.3) is 0 Å². The van der Waals surface area contributed by atoms with Gasteiger partial charge in [0.2, 0.25) is 0 Å². The number of hydrogen-bond acceptors (Lipinski definition) is 2. The SMILES string of the molecule is CC(C)=NN=C1CCc2c(-c3ccc(Cl)cc3)cn3cccc1c23. The number of pyridine rings is 1. The van der Waals surface area contributed by atoms with Crippen molar-refractivity contribution >= 4 is 28.5 Å². The Balaban J connectivity index is 1.92.